The van der Waals surface area contributed by atoms with Crippen molar-refractivity contribution in [3.05, 3.63) is 47.7 Å². The Labute approximate surface area is 101 Å². The first-order valence-corrected chi connectivity index (χ1v) is 5.46. The number of ether oxygens (including phenoxy) is 1. The molecular weight excluding hydrogens is 214 g/mol. The molecule has 0 bridgehead atoms. The monoisotopic (exact) mass is 229 g/mol. The molecule has 17 heavy (non-hydrogen) atoms. The molecule has 0 fully saturated rings. The van der Waals surface area contributed by atoms with Crippen molar-refractivity contribution in [1.82, 2.24) is 4.98 Å². The smallest absolute Gasteiger partial charge is 0.213 e. The summed E-state index contributed by atoms with van der Waals surface area (Å²) < 4.78 is 5.06. The van der Waals surface area contributed by atoms with Crippen molar-refractivity contribution < 1.29 is 9.84 Å². The number of aromatic nitrogens is 1. The summed E-state index contributed by atoms with van der Waals surface area (Å²) in [5.74, 6) is 0.520. The highest BCUT2D eigenvalue weighted by atomic mass is 16.5. The minimum Gasteiger partial charge on any atom is -0.481 e. The molecule has 0 aliphatic rings. The van der Waals surface area contributed by atoms with Crippen LogP contribution in [0, 0.1) is 6.92 Å². The van der Waals surface area contributed by atoms with Crippen molar-refractivity contribution in [2.24, 2.45) is 0 Å². The van der Waals surface area contributed by atoms with E-state index in [1.807, 2.05) is 31.2 Å². The van der Waals surface area contributed by atoms with E-state index in [1.54, 1.807) is 19.4 Å². The number of aryl methyl sites for hydroxylation is 1. The Kier molecular flexibility index (Phi) is 3.40. The van der Waals surface area contributed by atoms with E-state index in [0.29, 0.717) is 5.88 Å². The van der Waals surface area contributed by atoms with Gasteiger partial charge >= 0.3 is 0 Å². The Morgan fingerprint density at radius 3 is 2.65 bits per heavy atom. The van der Waals surface area contributed by atoms with Crippen LogP contribution in [-0.2, 0) is 6.61 Å². The second-order valence-corrected chi connectivity index (χ2v) is 3.86. The van der Waals surface area contributed by atoms with E-state index in [9.17, 15) is 5.11 Å². The number of pyridine rings is 1. The van der Waals surface area contributed by atoms with Gasteiger partial charge in [0.15, 0.2) is 0 Å². The van der Waals surface area contributed by atoms with E-state index in [4.69, 9.17) is 4.74 Å². The number of aliphatic hydroxyl groups excluding tert-OH is 1. The van der Waals surface area contributed by atoms with Gasteiger partial charge in [0.1, 0.15) is 0 Å². The first-order chi connectivity index (χ1) is 8.26. The van der Waals surface area contributed by atoms with Crippen molar-refractivity contribution in [3.8, 4) is 17.0 Å². The molecule has 1 aromatic heterocycles. The van der Waals surface area contributed by atoms with Gasteiger partial charge in [-0.05, 0) is 23.6 Å². The third-order valence-corrected chi connectivity index (χ3v) is 2.78. The average molecular weight is 229 g/mol. The molecule has 0 aliphatic heterocycles. The third kappa shape index (κ3) is 2.29. The van der Waals surface area contributed by atoms with Gasteiger partial charge in [0.2, 0.25) is 5.88 Å². The number of rotatable bonds is 3. The van der Waals surface area contributed by atoms with Crippen LogP contribution in [0.5, 0.6) is 5.88 Å². The van der Waals surface area contributed by atoms with E-state index in [2.05, 4.69) is 4.98 Å². The van der Waals surface area contributed by atoms with Gasteiger partial charge in [-0.2, -0.15) is 0 Å². The first-order valence-electron chi connectivity index (χ1n) is 5.46. The number of benzene rings is 1. The van der Waals surface area contributed by atoms with E-state index < -0.39 is 0 Å². The standard InChI is InChI=1S/C14H15NO2/c1-10-5-3-4-6-12(10)13-8-15-14(17-2)7-11(13)9-16/h3-8,16H,9H2,1-2H3. The van der Waals surface area contributed by atoms with E-state index in [0.717, 1.165) is 22.3 Å². The third-order valence-electron chi connectivity index (χ3n) is 2.78. The Morgan fingerprint density at radius 2 is 2.00 bits per heavy atom. The van der Waals surface area contributed by atoms with Crippen molar-refractivity contribution in [2.75, 3.05) is 7.11 Å². The zero-order valence-corrected chi connectivity index (χ0v) is 9.97. The van der Waals surface area contributed by atoms with Gasteiger partial charge in [0.25, 0.3) is 0 Å². The SMILES string of the molecule is COc1cc(CO)c(-c2ccccc2C)cn1. The van der Waals surface area contributed by atoms with Crippen LogP contribution in [-0.4, -0.2) is 17.2 Å². The van der Waals surface area contributed by atoms with E-state index >= 15 is 0 Å². The Balaban J connectivity index is 2.56. The Bertz CT molecular complexity index is 523. The van der Waals surface area contributed by atoms with Gasteiger partial charge < -0.3 is 9.84 Å². The molecule has 0 amide bonds. The van der Waals surface area contributed by atoms with E-state index in [1.165, 1.54) is 0 Å². The maximum absolute atomic E-state index is 9.41. The zero-order chi connectivity index (χ0) is 12.3. The zero-order valence-electron chi connectivity index (χ0n) is 9.97. The summed E-state index contributed by atoms with van der Waals surface area (Å²) in [5.41, 5.74) is 4.03. The fourth-order valence-electron chi connectivity index (χ4n) is 1.84. The quantitative estimate of drug-likeness (QED) is 0.879. The minimum absolute atomic E-state index is 0.0253. The molecule has 1 heterocycles. The van der Waals surface area contributed by atoms with Crippen LogP contribution >= 0.6 is 0 Å². The number of hydrogen-bond donors (Lipinski definition) is 1. The molecule has 0 spiro atoms. The van der Waals surface area contributed by atoms with Crippen LogP contribution in [0.4, 0.5) is 0 Å². The maximum Gasteiger partial charge on any atom is 0.213 e. The number of hydrogen-bond acceptors (Lipinski definition) is 3. The largest absolute Gasteiger partial charge is 0.481 e. The number of nitrogens with zero attached hydrogens (tertiary/aromatic N) is 1. The summed E-state index contributed by atoms with van der Waals surface area (Å²) in [7, 11) is 1.57. The summed E-state index contributed by atoms with van der Waals surface area (Å²) in [5, 5.41) is 9.41. The van der Waals surface area contributed by atoms with Crippen LogP contribution in [0.3, 0.4) is 0 Å². The van der Waals surface area contributed by atoms with Crippen LogP contribution in [0.25, 0.3) is 11.1 Å². The van der Waals surface area contributed by atoms with Gasteiger partial charge in [-0.15, -0.1) is 0 Å². The van der Waals surface area contributed by atoms with Gasteiger partial charge in [-0.3, -0.25) is 0 Å². The molecular formula is C14H15NO2. The summed E-state index contributed by atoms with van der Waals surface area (Å²) in [6.07, 6.45) is 1.74. The molecule has 2 rings (SSSR count). The van der Waals surface area contributed by atoms with E-state index in [-0.39, 0.29) is 6.61 Å². The fraction of sp³-hybridized carbons (Fsp3) is 0.214. The maximum atomic E-state index is 9.41. The number of aliphatic hydroxyl groups is 1. The number of methoxy groups -OCH3 is 1. The van der Waals surface area contributed by atoms with Crippen molar-refractivity contribution in [2.45, 2.75) is 13.5 Å². The average Bonchev–Trinajstić information content (AvgIpc) is 2.38. The Morgan fingerprint density at radius 1 is 1.24 bits per heavy atom. The normalized spacial score (nSPS) is 10.3. The first kappa shape index (κ1) is 11.6. The van der Waals surface area contributed by atoms with Crippen LogP contribution in [0.15, 0.2) is 36.5 Å². The summed E-state index contributed by atoms with van der Waals surface area (Å²) >= 11 is 0. The molecule has 88 valence electrons. The van der Waals surface area contributed by atoms with Crippen LogP contribution in [0.2, 0.25) is 0 Å². The highest BCUT2D eigenvalue weighted by molar-refractivity contribution is 5.70. The lowest BCUT2D eigenvalue weighted by Crippen LogP contribution is -1.95. The summed E-state index contributed by atoms with van der Waals surface area (Å²) in [4.78, 5) is 4.19. The summed E-state index contributed by atoms with van der Waals surface area (Å²) in [6, 6.07) is 9.81. The highest BCUT2D eigenvalue weighted by Crippen LogP contribution is 2.28. The van der Waals surface area contributed by atoms with Crippen molar-refractivity contribution in [3.63, 3.8) is 0 Å². The van der Waals surface area contributed by atoms with Gasteiger partial charge in [0, 0.05) is 17.8 Å². The van der Waals surface area contributed by atoms with Gasteiger partial charge in [-0.25, -0.2) is 4.98 Å². The predicted molar refractivity (Wildman–Crippen MR) is 66.9 cm³/mol. The molecule has 1 N–H and O–H groups in total. The Hall–Kier alpha value is -1.87. The molecule has 1 aromatic carbocycles. The molecule has 3 heteroatoms. The molecule has 0 radical (unpaired) electrons. The molecule has 0 unspecified atom stereocenters. The van der Waals surface area contributed by atoms with Crippen molar-refractivity contribution >= 4 is 0 Å². The molecule has 3 nitrogen and oxygen atoms in total. The summed E-state index contributed by atoms with van der Waals surface area (Å²) in [6.45, 7) is 2.02. The molecule has 0 saturated heterocycles. The molecule has 0 aliphatic carbocycles. The lowest BCUT2D eigenvalue weighted by molar-refractivity contribution is 0.281. The topological polar surface area (TPSA) is 42.4 Å². The molecule has 2 aromatic rings. The van der Waals surface area contributed by atoms with Crippen LogP contribution < -0.4 is 4.74 Å². The van der Waals surface area contributed by atoms with Gasteiger partial charge in [0.05, 0.1) is 13.7 Å². The lowest BCUT2D eigenvalue weighted by Gasteiger charge is -2.11. The molecule has 0 atom stereocenters. The predicted octanol–water partition coefficient (Wildman–Crippen LogP) is 2.56. The highest BCUT2D eigenvalue weighted by Gasteiger charge is 2.08. The second-order valence-electron chi connectivity index (χ2n) is 3.86. The molecule has 0 saturated carbocycles. The lowest BCUT2D eigenvalue weighted by atomic mass is 9.98. The van der Waals surface area contributed by atoms with Crippen LogP contribution in [0.1, 0.15) is 11.1 Å². The fourth-order valence-corrected chi connectivity index (χ4v) is 1.84. The minimum atomic E-state index is -0.0253. The van der Waals surface area contributed by atoms with Gasteiger partial charge in [-0.1, -0.05) is 24.3 Å². The second kappa shape index (κ2) is 4.97. The van der Waals surface area contributed by atoms with Crippen molar-refractivity contribution in [1.29, 1.82) is 0 Å².